The zero-order chi connectivity index (χ0) is 11.6. The molecule has 84 valence electrons. The Morgan fingerprint density at radius 3 is 2.60 bits per heavy atom. The molecule has 0 aromatic carbocycles. The summed E-state index contributed by atoms with van der Waals surface area (Å²) in [6.07, 6.45) is -2.40. The highest BCUT2D eigenvalue weighted by Gasteiger charge is 2.31. The Morgan fingerprint density at radius 1 is 1.67 bits per heavy atom. The van der Waals surface area contributed by atoms with Crippen LogP contribution < -0.4 is 0 Å². The molecule has 8 heteroatoms. The van der Waals surface area contributed by atoms with E-state index in [1.54, 1.807) is 6.92 Å². The zero-order valence-corrected chi connectivity index (χ0v) is 8.54. The van der Waals surface area contributed by atoms with Gasteiger partial charge in [0.05, 0.1) is 4.92 Å². The van der Waals surface area contributed by atoms with Gasteiger partial charge in [0.1, 0.15) is 0 Å². The normalized spacial score (nSPS) is 11.0. The predicted octanol–water partition coefficient (Wildman–Crippen LogP) is 2.79. The van der Waals surface area contributed by atoms with E-state index >= 15 is 0 Å². The summed E-state index contributed by atoms with van der Waals surface area (Å²) in [6.45, 7) is 2.05. The molecule has 0 spiro atoms. The topological polar surface area (TPSA) is 61.0 Å². The number of alkyl halides is 2. The lowest BCUT2D eigenvalue weighted by Gasteiger charge is -1.96. The van der Waals surface area contributed by atoms with Gasteiger partial charge in [-0.2, -0.15) is 5.10 Å². The van der Waals surface area contributed by atoms with Crippen molar-refractivity contribution >= 4 is 17.3 Å². The number of nitrogens with zero attached hydrogens (tertiary/aromatic N) is 3. The lowest BCUT2D eigenvalue weighted by atomic mass is 10.4. The summed E-state index contributed by atoms with van der Waals surface area (Å²) in [4.78, 5) is 9.56. The Morgan fingerprint density at radius 2 is 2.27 bits per heavy atom. The van der Waals surface area contributed by atoms with Crippen LogP contribution >= 0.6 is 11.6 Å². The predicted molar refractivity (Wildman–Crippen MR) is 49.1 cm³/mol. The van der Waals surface area contributed by atoms with Crippen LogP contribution in [0.1, 0.15) is 25.5 Å². The summed E-state index contributed by atoms with van der Waals surface area (Å²) in [5, 5.41) is 13.6. The molecule has 0 unspecified atom stereocenters. The second-order valence-corrected chi connectivity index (χ2v) is 3.16. The van der Waals surface area contributed by atoms with Gasteiger partial charge in [-0.3, -0.25) is 10.1 Å². The van der Waals surface area contributed by atoms with Gasteiger partial charge in [-0.1, -0.05) is 18.5 Å². The van der Waals surface area contributed by atoms with Gasteiger partial charge < -0.3 is 0 Å². The molecule has 0 fully saturated rings. The molecule has 15 heavy (non-hydrogen) atoms. The fourth-order valence-corrected chi connectivity index (χ4v) is 1.41. The van der Waals surface area contributed by atoms with E-state index in [0.717, 1.165) is 4.68 Å². The summed E-state index contributed by atoms with van der Waals surface area (Å²) >= 11 is 5.57. The number of halogens is 3. The first-order valence-electron chi connectivity index (χ1n) is 4.17. The van der Waals surface area contributed by atoms with E-state index in [4.69, 9.17) is 11.6 Å². The average Bonchev–Trinajstić information content (AvgIpc) is 2.44. The summed E-state index contributed by atoms with van der Waals surface area (Å²) in [5.74, 6) is 0. The highest BCUT2D eigenvalue weighted by atomic mass is 35.5. The highest BCUT2D eigenvalue weighted by molar-refractivity contribution is 6.31. The monoisotopic (exact) mass is 239 g/mol. The van der Waals surface area contributed by atoms with E-state index in [9.17, 15) is 18.9 Å². The van der Waals surface area contributed by atoms with Crippen LogP contribution in [0.3, 0.4) is 0 Å². The Labute approximate surface area is 88.8 Å². The minimum absolute atomic E-state index is 0.270. The highest BCUT2D eigenvalue weighted by Crippen LogP contribution is 2.34. The van der Waals surface area contributed by atoms with E-state index < -0.39 is 22.7 Å². The fraction of sp³-hybridized carbons (Fsp3) is 0.571. The van der Waals surface area contributed by atoms with E-state index in [1.807, 2.05) is 0 Å². The van der Waals surface area contributed by atoms with Gasteiger partial charge in [-0.25, -0.2) is 13.5 Å². The van der Waals surface area contributed by atoms with Gasteiger partial charge in [0.25, 0.3) is 6.43 Å². The average molecular weight is 240 g/mol. The van der Waals surface area contributed by atoms with Gasteiger partial charge >= 0.3 is 5.69 Å². The maximum Gasteiger partial charge on any atom is 0.334 e. The molecule has 1 aromatic rings. The maximum absolute atomic E-state index is 12.4. The number of hydrogen-bond donors (Lipinski definition) is 0. The van der Waals surface area contributed by atoms with Gasteiger partial charge in [0.15, 0.2) is 0 Å². The van der Waals surface area contributed by atoms with Crippen molar-refractivity contribution in [2.24, 2.45) is 0 Å². The number of nitro groups is 1. The maximum atomic E-state index is 12.4. The Balaban J connectivity index is 3.26. The molecule has 0 N–H and O–H groups in total. The molecular formula is C7H8ClF2N3O2. The van der Waals surface area contributed by atoms with Crippen molar-refractivity contribution in [3.63, 3.8) is 0 Å². The summed E-state index contributed by atoms with van der Waals surface area (Å²) in [6, 6.07) is 0. The van der Waals surface area contributed by atoms with Crippen LogP contribution in [-0.2, 0) is 6.54 Å². The quantitative estimate of drug-likeness (QED) is 0.600. The van der Waals surface area contributed by atoms with Crippen molar-refractivity contribution in [1.82, 2.24) is 9.78 Å². The number of rotatable bonds is 4. The summed E-state index contributed by atoms with van der Waals surface area (Å²) < 4.78 is 25.8. The molecule has 5 nitrogen and oxygen atoms in total. The van der Waals surface area contributed by atoms with Gasteiger partial charge in [-0.05, 0) is 6.42 Å². The molecule has 0 aliphatic carbocycles. The van der Waals surface area contributed by atoms with Crippen molar-refractivity contribution in [3.05, 3.63) is 21.0 Å². The van der Waals surface area contributed by atoms with Gasteiger partial charge in [0, 0.05) is 6.54 Å². The van der Waals surface area contributed by atoms with Crippen LogP contribution in [-0.4, -0.2) is 14.7 Å². The van der Waals surface area contributed by atoms with Crippen LogP contribution in [0.2, 0.25) is 5.15 Å². The number of aromatic nitrogens is 2. The number of hydrogen-bond acceptors (Lipinski definition) is 3. The Hall–Kier alpha value is -1.24. The Bertz CT molecular complexity index is 381. The van der Waals surface area contributed by atoms with Crippen molar-refractivity contribution < 1.29 is 13.7 Å². The lowest BCUT2D eigenvalue weighted by molar-refractivity contribution is -0.386. The van der Waals surface area contributed by atoms with E-state index in [1.165, 1.54) is 0 Å². The minimum Gasteiger partial charge on any atom is -0.258 e. The van der Waals surface area contributed by atoms with Crippen LogP contribution in [0, 0.1) is 10.1 Å². The van der Waals surface area contributed by atoms with Gasteiger partial charge in [-0.15, -0.1) is 0 Å². The molecule has 1 rings (SSSR count). The SMILES string of the molecule is CCCn1nc(C(F)F)c([N+](=O)[O-])c1Cl. The van der Waals surface area contributed by atoms with E-state index in [0.29, 0.717) is 6.42 Å². The molecular weight excluding hydrogens is 232 g/mol. The molecule has 1 heterocycles. The van der Waals surface area contributed by atoms with Crippen molar-refractivity contribution in [1.29, 1.82) is 0 Å². The molecule has 0 aliphatic rings. The first-order valence-corrected chi connectivity index (χ1v) is 4.55. The first-order chi connectivity index (χ1) is 6.99. The van der Waals surface area contributed by atoms with Crippen molar-refractivity contribution in [2.45, 2.75) is 26.3 Å². The van der Waals surface area contributed by atoms with Gasteiger partial charge in [0.2, 0.25) is 10.8 Å². The van der Waals surface area contributed by atoms with Crippen LogP contribution in [0.5, 0.6) is 0 Å². The molecule has 0 atom stereocenters. The van der Waals surface area contributed by atoms with E-state index in [-0.39, 0.29) is 11.7 Å². The second kappa shape index (κ2) is 4.52. The summed E-state index contributed by atoms with van der Waals surface area (Å²) in [7, 11) is 0. The smallest absolute Gasteiger partial charge is 0.258 e. The van der Waals surface area contributed by atoms with Crippen molar-refractivity contribution in [2.75, 3.05) is 0 Å². The summed E-state index contributed by atoms with van der Waals surface area (Å²) in [5.41, 5.74) is -1.68. The molecule has 0 saturated carbocycles. The Kier molecular flexibility index (Phi) is 3.57. The lowest BCUT2D eigenvalue weighted by Crippen LogP contribution is -1.99. The fourth-order valence-electron chi connectivity index (χ4n) is 1.13. The molecule has 0 radical (unpaired) electrons. The second-order valence-electron chi connectivity index (χ2n) is 2.81. The third-order valence-corrected chi connectivity index (χ3v) is 2.09. The standard InChI is InChI=1S/C7H8ClF2N3O2/c1-2-3-12-6(8)5(13(14)15)4(11-12)7(9)10/h7H,2-3H2,1H3. The molecule has 0 aliphatic heterocycles. The van der Waals surface area contributed by atoms with E-state index in [2.05, 4.69) is 5.10 Å². The molecule has 1 aromatic heterocycles. The number of aryl methyl sites for hydroxylation is 1. The zero-order valence-electron chi connectivity index (χ0n) is 7.78. The molecule has 0 bridgehead atoms. The first kappa shape index (κ1) is 11.8. The largest absolute Gasteiger partial charge is 0.334 e. The third kappa shape index (κ3) is 2.23. The molecule has 0 saturated heterocycles. The third-order valence-electron chi connectivity index (χ3n) is 1.72. The minimum atomic E-state index is -3.00. The van der Waals surface area contributed by atoms with Crippen LogP contribution in [0.4, 0.5) is 14.5 Å². The molecule has 0 amide bonds. The van der Waals surface area contributed by atoms with Crippen LogP contribution in [0.15, 0.2) is 0 Å². The van der Waals surface area contributed by atoms with Crippen molar-refractivity contribution in [3.8, 4) is 0 Å². The van der Waals surface area contributed by atoms with Crippen LogP contribution in [0.25, 0.3) is 0 Å².